The van der Waals surface area contributed by atoms with Crippen molar-refractivity contribution in [1.29, 1.82) is 0 Å². The summed E-state index contributed by atoms with van der Waals surface area (Å²) in [5.41, 5.74) is 7.74. The van der Waals surface area contributed by atoms with E-state index in [2.05, 4.69) is 15.7 Å². The molecule has 24 heavy (non-hydrogen) atoms. The number of nitrogens with two attached hydrogens (primary N) is 1. The van der Waals surface area contributed by atoms with Crippen LogP contribution in [-0.2, 0) is 16.6 Å². The number of nitrogens with one attached hydrogen (secondary N) is 2. The number of aryl methyl sites for hydroxylation is 2. The van der Waals surface area contributed by atoms with E-state index in [1.54, 1.807) is 42.1 Å². The largest absolute Gasteiger partial charge is 0.399 e. The van der Waals surface area contributed by atoms with Crippen molar-refractivity contribution < 1.29 is 14.4 Å². The van der Waals surface area contributed by atoms with Crippen LogP contribution in [0.5, 0.6) is 0 Å². The van der Waals surface area contributed by atoms with Crippen molar-refractivity contribution in [3.05, 3.63) is 41.7 Å². The van der Waals surface area contributed by atoms with Crippen molar-refractivity contribution >= 4 is 29.0 Å². The number of nitrogen functional groups attached to an aromatic ring is 1. The maximum atomic E-state index is 11.9. The first-order chi connectivity index (χ1) is 11.3. The SMILES string of the molecule is Cc1cc(C(=O)NCC(=O)CC(=O)Nc2ccc(N)cc2)nn1C. The van der Waals surface area contributed by atoms with E-state index >= 15 is 0 Å². The summed E-state index contributed by atoms with van der Waals surface area (Å²) >= 11 is 0. The molecule has 126 valence electrons. The zero-order chi connectivity index (χ0) is 17.7. The molecule has 0 unspecified atom stereocenters. The molecule has 0 saturated heterocycles. The molecular weight excluding hydrogens is 310 g/mol. The average molecular weight is 329 g/mol. The number of hydrogen-bond donors (Lipinski definition) is 3. The molecule has 0 fully saturated rings. The molecule has 0 aliphatic heterocycles. The van der Waals surface area contributed by atoms with E-state index in [1.807, 2.05) is 6.92 Å². The van der Waals surface area contributed by atoms with Crippen LogP contribution in [0.1, 0.15) is 22.6 Å². The highest BCUT2D eigenvalue weighted by Crippen LogP contribution is 2.10. The molecule has 0 radical (unpaired) electrons. The molecule has 0 spiro atoms. The molecule has 0 saturated carbocycles. The number of nitrogens with zero attached hydrogens (tertiary/aromatic N) is 2. The molecule has 1 heterocycles. The molecule has 0 aliphatic rings. The van der Waals surface area contributed by atoms with Crippen molar-refractivity contribution in [3.63, 3.8) is 0 Å². The minimum Gasteiger partial charge on any atom is -0.399 e. The summed E-state index contributed by atoms with van der Waals surface area (Å²) in [4.78, 5) is 35.4. The third-order valence-electron chi connectivity index (χ3n) is 3.34. The summed E-state index contributed by atoms with van der Waals surface area (Å²) in [6, 6.07) is 8.19. The molecule has 8 heteroatoms. The zero-order valence-corrected chi connectivity index (χ0v) is 13.5. The van der Waals surface area contributed by atoms with E-state index < -0.39 is 17.6 Å². The number of hydrogen-bond acceptors (Lipinski definition) is 5. The van der Waals surface area contributed by atoms with Crippen LogP contribution in [0.3, 0.4) is 0 Å². The molecule has 4 N–H and O–H groups in total. The summed E-state index contributed by atoms with van der Waals surface area (Å²) in [6.45, 7) is 1.58. The van der Waals surface area contributed by atoms with Gasteiger partial charge < -0.3 is 16.4 Å². The first-order valence-corrected chi connectivity index (χ1v) is 7.31. The molecule has 0 aliphatic carbocycles. The minimum atomic E-state index is -0.453. The summed E-state index contributed by atoms with van der Waals surface area (Å²) in [6.07, 6.45) is -0.327. The van der Waals surface area contributed by atoms with Crippen LogP contribution < -0.4 is 16.4 Å². The van der Waals surface area contributed by atoms with Crippen LogP contribution in [0.25, 0.3) is 0 Å². The molecule has 8 nitrogen and oxygen atoms in total. The van der Waals surface area contributed by atoms with Gasteiger partial charge in [-0.05, 0) is 37.3 Å². The first kappa shape index (κ1) is 17.2. The van der Waals surface area contributed by atoms with Gasteiger partial charge in [0.25, 0.3) is 5.91 Å². The highest BCUT2D eigenvalue weighted by Gasteiger charge is 2.14. The van der Waals surface area contributed by atoms with E-state index in [4.69, 9.17) is 5.73 Å². The normalized spacial score (nSPS) is 10.2. The van der Waals surface area contributed by atoms with Crippen LogP contribution >= 0.6 is 0 Å². The van der Waals surface area contributed by atoms with Gasteiger partial charge in [0.15, 0.2) is 5.78 Å². The number of benzene rings is 1. The third-order valence-corrected chi connectivity index (χ3v) is 3.34. The van der Waals surface area contributed by atoms with E-state index in [0.717, 1.165) is 5.69 Å². The first-order valence-electron chi connectivity index (χ1n) is 7.31. The van der Waals surface area contributed by atoms with Gasteiger partial charge >= 0.3 is 0 Å². The van der Waals surface area contributed by atoms with Gasteiger partial charge in [0.2, 0.25) is 5.91 Å². The highest BCUT2D eigenvalue weighted by atomic mass is 16.2. The number of carbonyl (C=O) groups is 3. The number of ketones is 1. The quantitative estimate of drug-likeness (QED) is 0.531. The Morgan fingerprint density at radius 2 is 1.88 bits per heavy atom. The number of anilines is 2. The topological polar surface area (TPSA) is 119 Å². The van der Waals surface area contributed by atoms with Crippen LogP contribution in [0.15, 0.2) is 30.3 Å². The number of carbonyl (C=O) groups excluding carboxylic acids is 3. The molecule has 2 rings (SSSR count). The minimum absolute atomic E-state index is 0.231. The standard InChI is InChI=1S/C16H19N5O3/c1-10-7-14(20-21(10)2)16(24)18-9-13(22)8-15(23)19-12-5-3-11(17)4-6-12/h3-7H,8-9,17H2,1-2H3,(H,18,24)(H,19,23). The lowest BCUT2D eigenvalue weighted by molar-refractivity contribution is -0.124. The smallest absolute Gasteiger partial charge is 0.272 e. The van der Waals surface area contributed by atoms with E-state index in [0.29, 0.717) is 11.4 Å². The van der Waals surface area contributed by atoms with E-state index in [-0.39, 0.29) is 18.7 Å². The Morgan fingerprint density at radius 1 is 1.21 bits per heavy atom. The van der Waals surface area contributed by atoms with E-state index in [9.17, 15) is 14.4 Å². The van der Waals surface area contributed by atoms with Gasteiger partial charge in [-0.1, -0.05) is 0 Å². The number of Topliss-reactive ketones (excluding diaryl/α,β-unsaturated/α-hetero) is 1. The van der Waals surface area contributed by atoms with Crippen LogP contribution in [-0.4, -0.2) is 33.9 Å². The second-order valence-corrected chi connectivity index (χ2v) is 5.36. The Balaban J connectivity index is 1.79. The number of amides is 2. The average Bonchev–Trinajstić information content (AvgIpc) is 2.86. The fourth-order valence-corrected chi connectivity index (χ4v) is 1.95. The van der Waals surface area contributed by atoms with Crippen molar-refractivity contribution in [2.45, 2.75) is 13.3 Å². The molecule has 2 aromatic rings. The van der Waals surface area contributed by atoms with Gasteiger partial charge in [0, 0.05) is 24.1 Å². The Hall–Kier alpha value is -3.16. The Kier molecular flexibility index (Phi) is 5.31. The lowest BCUT2D eigenvalue weighted by Crippen LogP contribution is -2.31. The lowest BCUT2D eigenvalue weighted by Gasteiger charge is -2.06. The highest BCUT2D eigenvalue weighted by molar-refractivity contribution is 6.06. The van der Waals surface area contributed by atoms with Gasteiger partial charge in [-0.2, -0.15) is 5.10 Å². The summed E-state index contributed by atoms with van der Waals surface area (Å²) in [7, 11) is 1.72. The van der Waals surface area contributed by atoms with Gasteiger partial charge in [0.1, 0.15) is 5.69 Å². The van der Waals surface area contributed by atoms with Crippen molar-refractivity contribution in [2.75, 3.05) is 17.6 Å². The van der Waals surface area contributed by atoms with Crippen molar-refractivity contribution in [2.24, 2.45) is 7.05 Å². The van der Waals surface area contributed by atoms with Gasteiger partial charge in [-0.15, -0.1) is 0 Å². The Labute approximate surface area is 139 Å². The summed E-state index contributed by atoms with van der Waals surface area (Å²) in [5, 5.41) is 9.06. The second-order valence-electron chi connectivity index (χ2n) is 5.36. The molecule has 1 aromatic heterocycles. The number of rotatable bonds is 6. The maximum absolute atomic E-state index is 11.9. The predicted molar refractivity (Wildman–Crippen MR) is 89.4 cm³/mol. The van der Waals surface area contributed by atoms with Crippen LogP contribution in [0.2, 0.25) is 0 Å². The van der Waals surface area contributed by atoms with Crippen LogP contribution in [0, 0.1) is 6.92 Å². The maximum Gasteiger partial charge on any atom is 0.272 e. The molecule has 0 bridgehead atoms. The summed E-state index contributed by atoms with van der Waals surface area (Å²) < 4.78 is 1.57. The second kappa shape index (κ2) is 7.40. The van der Waals surface area contributed by atoms with Gasteiger partial charge in [0.05, 0.1) is 13.0 Å². The van der Waals surface area contributed by atoms with Crippen molar-refractivity contribution in [1.82, 2.24) is 15.1 Å². The molecular formula is C16H19N5O3. The van der Waals surface area contributed by atoms with Gasteiger partial charge in [-0.25, -0.2) is 0 Å². The monoisotopic (exact) mass is 329 g/mol. The van der Waals surface area contributed by atoms with Crippen LogP contribution in [0.4, 0.5) is 11.4 Å². The number of aromatic nitrogens is 2. The zero-order valence-electron chi connectivity index (χ0n) is 13.5. The van der Waals surface area contributed by atoms with E-state index in [1.165, 1.54) is 0 Å². The Morgan fingerprint density at radius 3 is 2.46 bits per heavy atom. The summed E-state index contributed by atoms with van der Waals surface area (Å²) in [5.74, 6) is -1.30. The van der Waals surface area contributed by atoms with Crippen molar-refractivity contribution in [3.8, 4) is 0 Å². The molecule has 2 amide bonds. The molecule has 0 atom stereocenters. The predicted octanol–water partition coefficient (Wildman–Crippen LogP) is 0.638. The Bertz CT molecular complexity index is 745. The van der Waals surface area contributed by atoms with Gasteiger partial charge in [-0.3, -0.25) is 19.1 Å². The lowest BCUT2D eigenvalue weighted by atomic mass is 10.2. The third kappa shape index (κ3) is 4.67. The fraction of sp³-hybridized carbons (Fsp3) is 0.250. The molecule has 1 aromatic carbocycles. The fourth-order valence-electron chi connectivity index (χ4n) is 1.95.